The predicted octanol–water partition coefficient (Wildman–Crippen LogP) is 4.29. The summed E-state index contributed by atoms with van der Waals surface area (Å²) in [7, 11) is 0. The van der Waals surface area contributed by atoms with E-state index < -0.39 is 5.82 Å². The van der Waals surface area contributed by atoms with Gasteiger partial charge < -0.3 is 4.74 Å². The Morgan fingerprint density at radius 2 is 1.89 bits per heavy atom. The van der Waals surface area contributed by atoms with Crippen LogP contribution in [0.2, 0.25) is 0 Å². The van der Waals surface area contributed by atoms with Crippen molar-refractivity contribution in [3.8, 4) is 11.8 Å². The van der Waals surface area contributed by atoms with Crippen molar-refractivity contribution in [3.63, 3.8) is 0 Å². The Hall–Kier alpha value is -1.49. The Morgan fingerprint density at radius 1 is 1.22 bits per heavy atom. The van der Waals surface area contributed by atoms with Crippen molar-refractivity contribution in [2.45, 2.75) is 19.8 Å². The maximum atomic E-state index is 12.7. The van der Waals surface area contributed by atoms with Gasteiger partial charge >= 0.3 is 6.01 Å². The number of hydrogen-bond donors (Lipinski definition) is 0. The smallest absolute Gasteiger partial charge is 0.322 e. The van der Waals surface area contributed by atoms with Crippen LogP contribution in [0.25, 0.3) is 0 Å². The fraction of sp³-hybridized carbons (Fsp3) is 0.231. The van der Waals surface area contributed by atoms with Gasteiger partial charge in [-0.05, 0) is 29.7 Å². The highest BCUT2D eigenvalue weighted by Crippen LogP contribution is 2.31. The van der Waals surface area contributed by atoms with Gasteiger partial charge in [0.2, 0.25) is 0 Å². The monoisotopic (exact) mass is 310 g/mol. The SMILES string of the molecule is CC(C)c1cc(Br)ccc1Oc1ncc(F)cn1. The van der Waals surface area contributed by atoms with Crippen LogP contribution in [0.1, 0.15) is 25.3 Å². The molecule has 0 radical (unpaired) electrons. The molecule has 1 aromatic heterocycles. The molecule has 0 bridgehead atoms. The Kier molecular flexibility index (Phi) is 3.91. The van der Waals surface area contributed by atoms with Gasteiger partial charge in [-0.15, -0.1) is 0 Å². The summed E-state index contributed by atoms with van der Waals surface area (Å²) in [5.74, 6) is 0.500. The van der Waals surface area contributed by atoms with Crippen LogP contribution in [0.4, 0.5) is 4.39 Å². The third-order valence-electron chi connectivity index (χ3n) is 2.39. The zero-order valence-electron chi connectivity index (χ0n) is 10.0. The molecular weight excluding hydrogens is 299 g/mol. The van der Waals surface area contributed by atoms with Gasteiger partial charge in [-0.1, -0.05) is 29.8 Å². The Labute approximate surface area is 113 Å². The second-order valence-electron chi connectivity index (χ2n) is 4.12. The number of rotatable bonds is 3. The van der Waals surface area contributed by atoms with Crippen molar-refractivity contribution >= 4 is 15.9 Å². The lowest BCUT2D eigenvalue weighted by atomic mass is 10.0. The lowest BCUT2D eigenvalue weighted by Gasteiger charge is -2.12. The summed E-state index contributed by atoms with van der Waals surface area (Å²) in [6.45, 7) is 4.14. The van der Waals surface area contributed by atoms with Crippen molar-refractivity contribution in [1.82, 2.24) is 9.97 Å². The van der Waals surface area contributed by atoms with Crippen LogP contribution >= 0.6 is 15.9 Å². The van der Waals surface area contributed by atoms with Crippen molar-refractivity contribution < 1.29 is 9.13 Å². The topological polar surface area (TPSA) is 35.0 Å². The number of halogens is 2. The molecule has 0 amide bonds. The van der Waals surface area contributed by atoms with E-state index >= 15 is 0 Å². The molecule has 0 N–H and O–H groups in total. The quantitative estimate of drug-likeness (QED) is 0.848. The van der Waals surface area contributed by atoms with E-state index in [2.05, 4.69) is 39.7 Å². The standard InChI is InChI=1S/C13H12BrFN2O/c1-8(2)11-5-9(14)3-4-12(11)18-13-16-6-10(15)7-17-13/h3-8H,1-2H3. The normalized spacial score (nSPS) is 10.7. The van der Waals surface area contributed by atoms with Crippen molar-refractivity contribution in [2.75, 3.05) is 0 Å². The summed E-state index contributed by atoms with van der Waals surface area (Å²) in [6.07, 6.45) is 2.16. The largest absolute Gasteiger partial charge is 0.424 e. The van der Waals surface area contributed by atoms with E-state index in [4.69, 9.17) is 4.74 Å². The third-order valence-corrected chi connectivity index (χ3v) is 2.88. The second kappa shape index (κ2) is 5.44. The Morgan fingerprint density at radius 3 is 2.50 bits per heavy atom. The van der Waals surface area contributed by atoms with E-state index in [1.165, 1.54) is 0 Å². The highest BCUT2D eigenvalue weighted by molar-refractivity contribution is 9.10. The van der Waals surface area contributed by atoms with Crippen molar-refractivity contribution in [3.05, 3.63) is 46.4 Å². The third kappa shape index (κ3) is 3.04. The first-order chi connectivity index (χ1) is 8.56. The van der Waals surface area contributed by atoms with E-state index in [1.807, 2.05) is 18.2 Å². The Bertz CT molecular complexity index is 543. The number of ether oxygens (including phenoxy) is 1. The molecule has 0 saturated heterocycles. The molecule has 0 saturated carbocycles. The minimum atomic E-state index is -0.484. The fourth-order valence-electron chi connectivity index (χ4n) is 1.51. The van der Waals surface area contributed by atoms with Gasteiger partial charge in [0.15, 0.2) is 5.82 Å². The van der Waals surface area contributed by atoms with E-state index in [-0.39, 0.29) is 6.01 Å². The number of aromatic nitrogens is 2. The van der Waals surface area contributed by atoms with Gasteiger partial charge in [0.05, 0.1) is 12.4 Å². The molecule has 0 aliphatic heterocycles. The molecule has 2 aromatic rings. The number of hydrogen-bond acceptors (Lipinski definition) is 3. The zero-order chi connectivity index (χ0) is 13.1. The lowest BCUT2D eigenvalue weighted by molar-refractivity contribution is 0.429. The van der Waals surface area contributed by atoms with Crippen LogP contribution in [0, 0.1) is 5.82 Å². The van der Waals surface area contributed by atoms with Crippen LogP contribution in [-0.2, 0) is 0 Å². The molecule has 3 nitrogen and oxygen atoms in total. The molecule has 0 aliphatic carbocycles. The molecule has 18 heavy (non-hydrogen) atoms. The molecule has 0 spiro atoms. The second-order valence-corrected chi connectivity index (χ2v) is 5.04. The maximum Gasteiger partial charge on any atom is 0.322 e. The highest BCUT2D eigenvalue weighted by atomic mass is 79.9. The van der Waals surface area contributed by atoms with Crippen LogP contribution in [0.15, 0.2) is 35.1 Å². The van der Waals surface area contributed by atoms with Gasteiger partial charge in [-0.3, -0.25) is 0 Å². The molecule has 1 aromatic carbocycles. The van der Waals surface area contributed by atoms with Gasteiger partial charge in [0, 0.05) is 4.47 Å². The minimum Gasteiger partial charge on any atom is -0.424 e. The average molecular weight is 311 g/mol. The average Bonchev–Trinajstić information content (AvgIpc) is 2.34. The van der Waals surface area contributed by atoms with Crippen LogP contribution in [0.3, 0.4) is 0 Å². The van der Waals surface area contributed by atoms with E-state index in [1.54, 1.807) is 0 Å². The van der Waals surface area contributed by atoms with Crippen LogP contribution in [0.5, 0.6) is 11.8 Å². The van der Waals surface area contributed by atoms with E-state index in [9.17, 15) is 4.39 Å². The van der Waals surface area contributed by atoms with E-state index in [0.29, 0.717) is 11.7 Å². The molecule has 0 atom stereocenters. The molecule has 0 aliphatic rings. The first-order valence-corrected chi connectivity index (χ1v) is 6.30. The fourth-order valence-corrected chi connectivity index (χ4v) is 1.89. The lowest BCUT2D eigenvalue weighted by Crippen LogP contribution is -1.97. The molecule has 1 heterocycles. The van der Waals surface area contributed by atoms with Crippen LogP contribution < -0.4 is 4.74 Å². The minimum absolute atomic E-state index is 0.139. The van der Waals surface area contributed by atoms with Crippen molar-refractivity contribution in [1.29, 1.82) is 0 Å². The van der Waals surface area contributed by atoms with Crippen molar-refractivity contribution in [2.24, 2.45) is 0 Å². The summed E-state index contributed by atoms with van der Waals surface area (Å²) in [4.78, 5) is 7.55. The predicted molar refractivity (Wildman–Crippen MR) is 70.3 cm³/mol. The highest BCUT2D eigenvalue weighted by Gasteiger charge is 2.10. The Balaban J connectivity index is 2.31. The van der Waals surface area contributed by atoms with Crippen LogP contribution in [-0.4, -0.2) is 9.97 Å². The van der Waals surface area contributed by atoms with Gasteiger partial charge in [0.25, 0.3) is 0 Å². The number of nitrogens with zero attached hydrogens (tertiary/aromatic N) is 2. The van der Waals surface area contributed by atoms with Gasteiger partial charge in [-0.25, -0.2) is 14.4 Å². The first kappa shape index (κ1) is 13.0. The number of benzene rings is 1. The molecule has 0 fully saturated rings. The first-order valence-electron chi connectivity index (χ1n) is 5.51. The molecule has 94 valence electrons. The molecule has 5 heteroatoms. The summed E-state index contributed by atoms with van der Waals surface area (Å²) >= 11 is 3.42. The summed E-state index contributed by atoms with van der Waals surface area (Å²) in [5.41, 5.74) is 1.04. The molecule has 2 rings (SSSR count). The summed E-state index contributed by atoms with van der Waals surface area (Å²) in [6, 6.07) is 5.85. The summed E-state index contributed by atoms with van der Waals surface area (Å²) < 4.78 is 19.3. The summed E-state index contributed by atoms with van der Waals surface area (Å²) in [5, 5.41) is 0. The maximum absolute atomic E-state index is 12.7. The molecular formula is C13H12BrFN2O. The van der Waals surface area contributed by atoms with Gasteiger partial charge in [-0.2, -0.15) is 0 Å². The van der Waals surface area contributed by atoms with Gasteiger partial charge in [0.1, 0.15) is 5.75 Å². The van der Waals surface area contributed by atoms with E-state index in [0.717, 1.165) is 22.4 Å². The zero-order valence-corrected chi connectivity index (χ0v) is 11.6. The molecule has 0 unspecified atom stereocenters.